The van der Waals surface area contributed by atoms with Crippen LogP contribution in [0.5, 0.6) is 0 Å². The molecule has 0 amide bonds. The number of hydrogen-bond acceptors (Lipinski definition) is 6. The molecule has 1 atom stereocenters. The van der Waals surface area contributed by atoms with Gasteiger partial charge in [0, 0.05) is 24.7 Å². The van der Waals surface area contributed by atoms with Gasteiger partial charge in [-0.05, 0) is 19.4 Å². The molecule has 0 saturated carbocycles. The minimum atomic E-state index is -0.758. The van der Waals surface area contributed by atoms with Gasteiger partial charge in [-0.25, -0.2) is 9.97 Å². The molecular formula is C14H14N6O2. The number of carbonyl (C=O) groups is 1. The van der Waals surface area contributed by atoms with Crippen molar-refractivity contribution in [2.24, 2.45) is 5.92 Å². The molecular weight excluding hydrogens is 284 g/mol. The molecule has 1 saturated heterocycles. The van der Waals surface area contributed by atoms with E-state index in [1.165, 1.54) is 0 Å². The fourth-order valence-corrected chi connectivity index (χ4v) is 2.99. The Balaban J connectivity index is 1.92. The third-order valence-corrected chi connectivity index (χ3v) is 4.06. The molecule has 8 nitrogen and oxygen atoms in total. The first-order chi connectivity index (χ1) is 10.6. The molecule has 1 aliphatic rings. The molecule has 0 spiro atoms. The standard InChI is InChI=1S/C14H14N6O2/c1-7-16-12-10(9-2-4-15-11(9)18-19-12)13(17-7)20-5-3-8(6-20)14(21)22/h2,4,8H,3,5-6H2,1H3,(H,21,22)(H,16,17,19). The number of aromatic amines is 1. The molecule has 1 unspecified atom stereocenters. The largest absolute Gasteiger partial charge is 0.481 e. The summed E-state index contributed by atoms with van der Waals surface area (Å²) < 4.78 is 0. The Morgan fingerprint density at radius 2 is 2.32 bits per heavy atom. The molecule has 0 aromatic carbocycles. The first kappa shape index (κ1) is 12.9. The maximum absolute atomic E-state index is 11.2. The van der Waals surface area contributed by atoms with E-state index in [-0.39, 0.29) is 5.92 Å². The zero-order valence-corrected chi connectivity index (χ0v) is 11.9. The summed E-state index contributed by atoms with van der Waals surface area (Å²) >= 11 is 0. The molecule has 0 aliphatic carbocycles. The lowest BCUT2D eigenvalue weighted by Crippen LogP contribution is -2.24. The predicted octanol–water partition coefficient (Wildman–Crippen LogP) is 1.12. The molecule has 0 radical (unpaired) electrons. The van der Waals surface area contributed by atoms with Gasteiger partial charge in [-0.3, -0.25) is 4.79 Å². The SMILES string of the molecule is Cc1nc(N2CCC(C(=O)O)C2)c2c(nnc3nccc32)[nH]1. The minimum Gasteiger partial charge on any atom is -0.481 e. The number of nitrogens with one attached hydrogen (secondary N) is 1. The zero-order chi connectivity index (χ0) is 15.3. The van der Waals surface area contributed by atoms with Gasteiger partial charge in [0.15, 0.2) is 11.3 Å². The third-order valence-electron chi connectivity index (χ3n) is 4.06. The predicted molar refractivity (Wildman–Crippen MR) is 79.7 cm³/mol. The van der Waals surface area contributed by atoms with Crippen molar-refractivity contribution in [1.82, 2.24) is 25.1 Å². The lowest BCUT2D eigenvalue weighted by molar-refractivity contribution is -0.140. The second-order valence-electron chi connectivity index (χ2n) is 5.52. The summed E-state index contributed by atoms with van der Waals surface area (Å²) in [5, 5.41) is 19.2. The third kappa shape index (κ3) is 1.87. The topological polar surface area (TPSA) is 108 Å². The van der Waals surface area contributed by atoms with Crippen LogP contribution in [0.15, 0.2) is 12.3 Å². The second-order valence-corrected chi connectivity index (χ2v) is 5.52. The molecule has 22 heavy (non-hydrogen) atoms. The Hall–Kier alpha value is -2.77. The number of H-pyrrole nitrogens is 1. The van der Waals surface area contributed by atoms with Crippen LogP contribution >= 0.6 is 0 Å². The van der Waals surface area contributed by atoms with E-state index in [0.29, 0.717) is 30.8 Å². The zero-order valence-electron chi connectivity index (χ0n) is 11.9. The normalized spacial score (nSPS) is 18.4. The van der Waals surface area contributed by atoms with Crippen molar-refractivity contribution in [3.05, 3.63) is 18.1 Å². The van der Waals surface area contributed by atoms with E-state index >= 15 is 0 Å². The van der Waals surface area contributed by atoms with Crippen LogP contribution in [0.1, 0.15) is 12.2 Å². The van der Waals surface area contributed by atoms with Crippen molar-refractivity contribution in [1.29, 1.82) is 0 Å². The number of fused-ring (bicyclic) bond motifs is 3. The number of aromatic nitrogens is 5. The maximum atomic E-state index is 11.2. The van der Waals surface area contributed by atoms with Crippen LogP contribution in [0.25, 0.3) is 22.1 Å². The number of carboxylic acids is 1. The summed E-state index contributed by atoms with van der Waals surface area (Å²) in [6.45, 7) is 2.97. The van der Waals surface area contributed by atoms with Crippen LogP contribution < -0.4 is 4.90 Å². The van der Waals surface area contributed by atoms with Gasteiger partial charge >= 0.3 is 5.97 Å². The molecule has 112 valence electrons. The molecule has 2 N–H and O–H groups in total. The number of nitrogens with zero attached hydrogens (tertiary/aromatic N) is 5. The highest BCUT2D eigenvalue weighted by molar-refractivity contribution is 6.07. The van der Waals surface area contributed by atoms with Crippen molar-refractivity contribution < 1.29 is 9.90 Å². The van der Waals surface area contributed by atoms with E-state index in [4.69, 9.17) is 0 Å². The lowest BCUT2D eigenvalue weighted by atomic mass is 10.1. The van der Waals surface area contributed by atoms with Crippen LogP contribution in [-0.2, 0) is 4.79 Å². The number of aliphatic carboxylic acids is 1. The van der Waals surface area contributed by atoms with Gasteiger partial charge in [0.2, 0.25) is 0 Å². The van der Waals surface area contributed by atoms with E-state index in [9.17, 15) is 9.90 Å². The quantitative estimate of drug-likeness (QED) is 0.729. The van der Waals surface area contributed by atoms with E-state index in [2.05, 4.69) is 25.1 Å². The van der Waals surface area contributed by atoms with E-state index in [1.807, 2.05) is 17.9 Å². The van der Waals surface area contributed by atoms with Gasteiger partial charge in [-0.2, -0.15) is 0 Å². The highest BCUT2D eigenvalue weighted by atomic mass is 16.4. The first-order valence-corrected chi connectivity index (χ1v) is 7.09. The smallest absolute Gasteiger partial charge is 0.308 e. The summed E-state index contributed by atoms with van der Waals surface area (Å²) in [5.74, 6) is 0.354. The summed E-state index contributed by atoms with van der Waals surface area (Å²) in [5.41, 5.74) is 1.21. The highest BCUT2D eigenvalue weighted by Crippen LogP contribution is 2.32. The van der Waals surface area contributed by atoms with Gasteiger partial charge in [0.25, 0.3) is 0 Å². The van der Waals surface area contributed by atoms with Crippen LogP contribution in [-0.4, -0.2) is 49.3 Å². The van der Waals surface area contributed by atoms with Gasteiger partial charge in [-0.1, -0.05) is 0 Å². The lowest BCUT2D eigenvalue weighted by Gasteiger charge is -2.19. The second kappa shape index (κ2) is 4.62. The molecule has 0 bridgehead atoms. The van der Waals surface area contributed by atoms with E-state index in [0.717, 1.165) is 22.4 Å². The first-order valence-electron chi connectivity index (χ1n) is 7.09. The van der Waals surface area contributed by atoms with Gasteiger partial charge in [0.05, 0.1) is 11.3 Å². The number of rotatable bonds is 2. The fourth-order valence-electron chi connectivity index (χ4n) is 2.99. The van der Waals surface area contributed by atoms with Crippen molar-refractivity contribution in [3.63, 3.8) is 0 Å². The van der Waals surface area contributed by atoms with Crippen molar-refractivity contribution >= 4 is 33.9 Å². The summed E-state index contributed by atoms with van der Waals surface area (Å²) in [4.78, 5) is 25.1. The molecule has 3 aromatic heterocycles. The van der Waals surface area contributed by atoms with Gasteiger partial charge in [-0.15, -0.1) is 10.2 Å². The molecule has 8 heteroatoms. The molecule has 1 aliphatic heterocycles. The summed E-state index contributed by atoms with van der Waals surface area (Å²) in [7, 11) is 0. The molecule has 4 rings (SSSR count). The fraction of sp³-hybridized carbons (Fsp3) is 0.357. The Bertz CT molecular complexity index is 890. The Morgan fingerprint density at radius 3 is 3.09 bits per heavy atom. The minimum absolute atomic E-state index is 0.357. The maximum Gasteiger partial charge on any atom is 0.308 e. The number of anilines is 1. The Morgan fingerprint density at radius 1 is 1.45 bits per heavy atom. The van der Waals surface area contributed by atoms with Gasteiger partial charge < -0.3 is 15.0 Å². The van der Waals surface area contributed by atoms with E-state index < -0.39 is 5.97 Å². The summed E-state index contributed by atoms with van der Waals surface area (Å²) in [6.07, 6.45) is 2.31. The molecule has 1 fully saturated rings. The summed E-state index contributed by atoms with van der Waals surface area (Å²) in [6, 6.07) is 1.88. The Kier molecular flexibility index (Phi) is 2.72. The Labute approximate surface area is 125 Å². The average molecular weight is 298 g/mol. The van der Waals surface area contributed by atoms with Crippen LogP contribution in [0.4, 0.5) is 5.82 Å². The highest BCUT2D eigenvalue weighted by Gasteiger charge is 2.30. The average Bonchev–Trinajstić information content (AvgIpc) is 3.15. The van der Waals surface area contributed by atoms with Gasteiger partial charge in [0.1, 0.15) is 11.6 Å². The number of carboxylic acid groups (broad SMARTS) is 1. The monoisotopic (exact) mass is 298 g/mol. The van der Waals surface area contributed by atoms with Crippen molar-refractivity contribution in [2.75, 3.05) is 18.0 Å². The number of aryl methyl sites for hydroxylation is 1. The van der Waals surface area contributed by atoms with Crippen LogP contribution in [0, 0.1) is 12.8 Å². The molecule has 3 aromatic rings. The van der Waals surface area contributed by atoms with Crippen molar-refractivity contribution in [2.45, 2.75) is 13.3 Å². The van der Waals surface area contributed by atoms with E-state index in [1.54, 1.807) is 6.20 Å². The van der Waals surface area contributed by atoms with Crippen LogP contribution in [0.3, 0.4) is 0 Å². The van der Waals surface area contributed by atoms with Crippen LogP contribution in [0.2, 0.25) is 0 Å². The number of hydrogen-bond donors (Lipinski definition) is 2. The molecule has 4 heterocycles. The van der Waals surface area contributed by atoms with Crippen molar-refractivity contribution in [3.8, 4) is 0 Å².